The quantitative estimate of drug-likeness (QED) is 0.647. The van der Waals surface area contributed by atoms with Crippen LogP contribution < -0.4 is 0 Å². The third kappa shape index (κ3) is 3.44. The Bertz CT molecular complexity index is 714. The lowest BCUT2D eigenvalue weighted by atomic mass is 9.79. The van der Waals surface area contributed by atoms with E-state index in [0.717, 1.165) is 12.5 Å². The van der Waals surface area contributed by atoms with E-state index in [1.54, 1.807) is 24.3 Å². The fraction of sp³-hybridized carbons (Fsp3) is 0.368. The second-order valence-electron chi connectivity index (χ2n) is 5.78. The summed E-state index contributed by atoms with van der Waals surface area (Å²) in [4.78, 5) is 10.9. The van der Waals surface area contributed by atoms with Crippen LogP contribution >= 0.6 is 0 Å². The van der Waals surface area contributed by atoms with Crippen molar-refractivity contribution in [2.75, 3.05) is 0 Å². The zero-order valence-corrected chi connectivity index (χ0v) is 13.0. The van der Waals surface area contributed by atoms with Gasteiger partial charge in [-0.15, -0.1) is 0 Å². The van der Waals surface area contributed by atoms with E-state index in [1.807, 2.05) is 13.0 Å². The zero-order chi connectivity index (χ0) is 16.9. The predicted octanol–water partition coefficient (Wildman–Crippen LogP) is 2.99. The molecule has 1 atom stereocenters. The van der Waals surface area contributed by atoms with Crippen molar-refractivity contribution in [2.24, 2.45) is 5.41 Å². The number of carbonyl (C=O) groups is 1. The summed E-state index contributed by atoms with van der Waals surface area (Å²) in [5, 5.41) is 29.6. The van der Waals surface area contributed by atoms with Gasteiger partial charge in [0.2, 0.25) is 0 Å². The Hall–Kier alpha value is -2.56. The fourth-order valence-corrected chi connectivity index (χ4v) is 2.59. The van der Waals surface area contributed by atoms with Crippen molar-refractivity contribution in [2.45, 2.75) is 38.2 Å². The van der Waals surface area contributed by atoms with Crippen molar-refractivity contribution in [1.82, 2.24) is 0 Å². The van der Waals surface area contributed by atoms with Gasteiger partial charge < -0.3 is 10.2 Å². The summed E-state index contributed by atoms with van der Waals surface area (Å²) in [5.41, 5.74) is -1.49. The first-order valence-corrected chi connectivity index (χ1v) is 7.63. The maximum Gasteiger partial charge on any atom is 0.329 e. The number of benzene rings is 1. The normalized spacial score (nSPS) is 18.0. The number of allylic oxidation sites excluding steroid dienone is 1. The second kappa shape index (κ2) is 6.69. The van der Waals surface area contributed by atoms with E-state index in [2.05, 4.69) is 17.9 Å². The topological polar surface area (TPSA) is 81.3 Å². The average Bonchev–Trinajstić information content (AvgIpc) is 3.34. The summed E-state index contributed by atoms with van der Waals surface area (Å²) in [5.74, 6) is 4.55. The van der Waals surface area contributed by atoms with Crippen LogP contribution in [0.1, 0.15) is 38.2 Å². The Morgan fingerprint density at radius 3 is 2.52 bits per heavy atom. The van der Waals surface area contributed by atoms with Gasteiger partial charge in [-0.3, -0.25) is 0 Å². The molecule has 1 saturated carbocycles. The van der Waals surface area contributed by atoms with Crippen LogP contribution in [0.2, 0.25) is 0 Å². The number of aliphatic carboxylic acids is 1. The average molecular weight is 309 g/mol. The Kier molecular flexibility index (Phi) is 4.89. The van der Waals surface area contributed by atoms with E-state index in [0.29, 0.717) is 30.4 Å². The fourth-order valence-electron chi connectivity index (χ4n) is 2.59. The molecule has 0 aliphatic heterocycles. The van der Waals surface area contributed by atoms with Gasteiger partial charge in [0, 0.05) is 11.6 Å². The Morgan fingerprint density at radius 2 is 2.04 bits per heavy atom. The summed E-state index contributed by atoms with van der Waals surface area (Å²) in [6, 6.07) is 11.1. The second-order valence-corrected chi connectivity index (χ2v) is 5.78. The highest BCUT2D eigenvalue weighted by atomic mass is 16.4. The number of aliphatic hydroxyl groups is 1. The van der Waals surface area contributed by atoms with Crippen molar-refractivity contribution in [3.05, 3.63) is 47.5 Å². The summed E-state index contributed by atoms with van der Waals surface area (Å²) in [7, 11) is 0. The first-order chi connectivity index (χ1) is 11.0. The van der Waals surface area contributed by atoms with Gasteiger partial charge in [-0.05, 0) is 24.8 Å². The highest BCUT2D eigenvalue weighted by molar-refractivity contribution is 5.81. The third-order valence-corrected chi connectivity index (χ3v) is 4.07. The van der Waals surface area contributed by atoms with Crippen LogP contribution in [-0.4, -0.2) is 16.2 Å². The van der Waals surface area contributed by atoms with Gasteiger partial charge in [0.1, 0.15) is 5.41 Å². The molecule has 0 amide bonds. The molecule has 0 bridgehead atoms. The number of hydrogen-bond donors (Lipinski definition) is 2. The molecular formula is C19H19NO3. The Labute approximate surface area is 136 Å². The molecule has 0 aromatic heterocycles. The zero-order valence-electron chi connectivity index (χ0n) is 13.0. The van der Waals surface area contributed by atoms with Gasteiger partial charge in [-0.1, -0.05) is 55.5 Å². The molecule has 0 radical (unpaired) electrons. The van der Waals surface area contributed by atoms with Gasteiger partial charge in [-0.2, -0.15) is 5.26 Å². The number of nitriles is 1. The minimum Gasteiger partial charge on any atom is -0.478 e. The maximum atomic E-state index is 11.2. The largest absolute Gasteiger partial charge is 0.478 e. The van der Waals surface area contributed by atoms with E-state index in [9.17, 15) is 15.2 Å². The van der Waals surface area contributed by atoms with Gasteiger partial charge >= 0.3 is 5.97 Å². The maximum absolute atomic E-state index is 11.2. The van der Waals surface area contributed by atoms with Gasteiger partial charge in [0.15, 0.2) is 5.60 Å². The molecule has 0 spiro atoms. The van der Waals surface area contributed by atoms with Crippen LogP contribution in [0.5, 0.6) is 0 Å². The van der Waals surface area contributed by atoms with Gasteiger partial charge in [0.25, 0.3) is 0 Å². The van der Waals surface area contributed by atoms with Crippen LogP contribution in [0.3, 0.4) is 0 Å². The van der Waals surface area contributed by atoms with E-state index in [4.69, 9.17) is 5.11 Å². The lowest BCUT2D eigenvalue weighted by molar-refractivity contribution is -0.131. The molecule has 1 aromatic rings. The van der Waals surface area contributed by atoms with E-state index >= 15 is 0 Å². The predicted molar refractivity (Wildman–Crippen MR) is 86.0 cm³/mol. The van der Waals surface area contributed by atoms with Crippen molar-refractivity contribution < 1.29 is 15.0 Å². The number of carboxylic acid groups (broad SMARTS) is 1. The highest BCUT2D eigenvalue weighted by Crippen LogP contribution is 2.57. The first-order valence-electron chi connectivity index (χ1n) is 7.63. The number of hydrogen-bond acceptors (Lipinski definition) is 3. The first kappa shape index (κ1) is 16.8. The van der Waals surface area contributed by atoms with Crippen LogP contribution in [0.4, 0.5) is 0 Å². The smallest absolute Gasteiger partial charge is 0.329 e. The van der Waals surface area contributed by atoms with Gasteiger partial charge in [0.05, 0.1) is 6.07 Å². The summed E-state index contributed by atoms with van der Waals surface area (Å²) in [6.07, 6.45) is 3.49. The molecule has 1 fully saturated rings. The number of carboxylic acids is 1. The summed E-state index contributed by atoms with van der Waals surface area (Å²) in [6.45, 7) is 1.93. The Balaban J connectivity index is 2.48. The van der Waals surface area contributed by atoms with Crippen molar-refractivity contribution in [3.8, 4) is 17.9 Å². The molecule has 4 heteroatoms. The molecule has 1 aromatic carbocycles. The molecule has 1 aliphatic carbocycles. The van der Waals surface area contributed by atoms with Gasteiger partial charge in [-0.25, -0.2) is 4.79 Å². The van der Waals surface area contributed by atoms with Crippen LogP contribution in [0.15, 0.2) is 42.0 Å². The van der Waals surface area contributed by atoms with Crippen molar-refractivity contribution in [1.29, 1.82) is 5.26 Å². The third-order valence-electron chi connectivity index (χ3n) is 4.07. The molecular weight excluding hydrogens is 290 g/mol. The lowest BCUT2D eigenvalue weighted by Crippen LogP contribution is -2.34. The minimum atomic E-state index is -1.59. The molecule has 118 valence electrons. The molecule has 0 unspecified atom stereocenters. The molecule has 2 N–H and O–H groups in total. The molecule has 23 heavy (non-hydrogen) atoms. The highest BCUT2D eigenvalue weighted by Gasteiger charge is 2.60. The van der Waals surface area contributed by atoms with Crippen molar-refractivity contribution in [3.63, 3.8) is 0 Å². The van der Waals surface area contributed by atoms with Crippen molar-refractivity contribution >= 4 is 5.97 Å². The van der Waals surface area contributed by atoms with Crippen LogP contribution in [-0.2, 0) is 10.4 Å². The lowest BCUT2D eigenvalue weighted by Gasteiger charge is -2.27. The van der Waals surface area contributed by atoms with E-state index in [1.165, 1.54) is 0 Å². The minimum absolute atomic E-state index is 0.447. The summed E-state index contributed by atoms with van der Waals surface area (Å²) >= 11 is 0. The SMILES string of the molecule is CCC/C(C#C[C@](O)(c1ccccc1)C1(C#N)CC1)=C/C(=O)O. The number of nitrogens with zero attached hydrogens (tertiary/aromatic N) is 1. The van der Waals surface area contributed by atoms with Crippen LogP contribution in [0.25, 0.3) is 0 Å². The number of rotatable bonds is 5. The summed E-state index contributed by atoms with van der Waals surface area (Å²) < 4.78 is 0. The molecule has 2 rings (SSSR count). The monoisotopic (exact) mass is 309 g/mol. The van der Waals surface area contributed by atoms with Crippen LogP contribution in [0, 0.1) is 28.6 Å². The van der Waals surface area contributed by atoms with E-state index < -0.39 is 17.0 Å². The molecule has 0 heterocycles. The molecule has 4 nitrogen and oxygen atoms in total. The molecule has 0 saturated heterocycles. The Morgan fingerprint density at radius 1 is 1.39 bits per heavy atom. The molecule has 1 aliphatic rings. The standard InChI is InChI=1S/C19H19NO3/c1-2-6-15(13-17(21)22)9-10-19(23,18(14-20)11-12-18)16-7-4-3-5-8-16/h3-5,7-8,13,23H,2,6,11-12H2,1H3,(H,21,22)/b15-13-/t19-/m0/s1. The van der Waals surface area contributed by atoms with E-state index in [-0.39, 0.29) is 0 Å².